The van der Waals surface area contributed by atoms with Crippen molar-refractivity contribution in [2.75, 3.05) is 25.0 Å². The lowest BCUT2D eigenvalue weighted by atomic mass is 10.2. The molecule has 1 aromatic heterocycles. The number of hydrogen-bond donors (Lipinski definition) is 2. The highest BCUT2D eigenvalue weighted by atomic mass is 32.2. The largest absolute Gasteiger partial charge is 0.354 e. The Morgan fingerprint density at radius 2 is 1.91 bits per heavy atom. The van der Waals surface area contributed by atoms with Crippen LogP contribution in [0.4, 0.5) is 5.69 Å². The number of sulfonamides is 1. The topological polar surface area (TPSA) is 130 Å². The van der Waals surface area contributed by atoms with Gasteiger partial charge in [-0.3, -0.25) is 19.0 Å². The van der Waals surface area contributed by atoms with Gasteiger partial charge in [-0.05, 0) is 43.2 Å². The summed E-state index contributed by atoms with van der Waals surface area (Å²) in [5, 5.41) is 5.90. The summed E-state index contributed by atoms with van der Waals surface area (Å²) in [6, 6.07) is 13.3. The second-order valence-corrected chi connectivity index (χ2v) is 10.7. The van der Waals surface area contributed by atoms with Gasteiger partial charge in [0.15, 0.2) is 0 Å². The van der Waals surface area contributed by atoms with Crippen molar-refractivity contribution < 1.29 is 18.0 Å². The van der Waals surface area contributed by atoms with Gasteiger partial charge in [0.05, 0.1) is 22.3 Å². The van der Waals surface area contributed by atoms with E-state index in [0.717, 1.165) is 17.1 Å². The van der Waals surface area contributed by atoms with Crippen LogP contribution >= 0.6 is 0 Å². The standard InChI is InChI=1S/C24H25N5O5S/c30-22(11-10-21-27-20-7-2-1-6-19(20)24(32)29(21)17-8-9-17)26-16-4-3-5-18(14-16)35(33,34)28-13-12-25-23(31)15-28/h1-7,14,17H,8-13,15H2,(H,25,31)(H,26,30). The van der Waals surface area contributed by atoms with E-state index in [9.17, 15) is 22.8 Å². The zero-order valence-corrected chi connectivity index (χ0v) is 19.8. The average Bonchev–Trinajstić information content (AvgIpc) is 3.68. The normalized spacial score (nSPS) is 16.7. The zero-order valence-electron chi connectivity index (χ0n) is 18.9. The zero-order chi connectivity index (χ0) is 24.6. The van der Waals surface area contributed by atoms with E-state index in [4.69, 9.17) is 0 Å². The predicted octanol–water partition coefficient (Wildman–Crippen LogP) is 1.42. The van der Waals surface area contributed by atoms with Crippen LogP contribution in [-0.4, -0.2) is 53.7 Å². The number of benzene rings is 2. The molecule has 5 rings (SSSR count). The van der Waals surface area contributed by atoms with E-state index in [-0.39, 0.29) is 60.8 Å². The van der Waals surface area contributed by atoms with Gasteiger partial charge in [0.2, 0.25) is 21.8 Å². The molecule has 2 amide bonds. The number of rotatable bonds is 7. The van der Waals surface area contributed by atoms with E-state index in [1.807, 2.05) is 12.1 Å². The lowest BCUT2D eigenvalue weighted by Crippen LogP contribution is -2.49. The summed E-state index contributed by atoms with van der Waals surface area (Å²) in [7, 11) is -3.87. The summed E-state index contributed by atoms with van der Waals surface area (Å²) in [4.78, 5) is 41.9. The molecule has 10 nitrogen and oxygen atoms in total. The van der Waals surface area contributed by atoms with E-state index in [1.165, 1.54) is 12.1 Å². The molecule has 0 spiro atoms. The van der Waals surface area contributed by atoms with Crippen molar-refractivity contribution in [3.8, 4) is 0 Å². The second kappa shape index (κ2) is 9.23. The highest BCUT2D eigenvalue weighted by Crippen LogP contribution is 2.35. The molecule has 1 saturated heterocycles. The maximum Gasteiger partial charge on any atom is 0.261 e. The maximum absolute atomic E-state index is 13.0. The van der Waals surface area contributed by atoms with Crippen molar-refractivity contribution in [1.82, 2.24) is 19.2 Å². The van der Waals surface area contributed by atoms with Crippen molar-refractivity contribution >= 4 is 38.4 Å². The molecule has 35 heavy (non-hydrogen) atoms. The van der Waals surface area contributed by atoms with Crippen molar-refractivity contribution in [2.45, 2.75) is 36.6 Å². The summed E-state index contributed by atoms with van der Waals surface area (Å²) in [6.07, 6.45) is 2.20. The SMILES string of the molecule is O=C1CN(S(=O)(=O)c2cccc(NC(=O)CCc3nc4ccccc4c(=O)n3C3CC3)c2)CCN1. The summed E-state index contributed by atoms with van der Waals surface area (Å²) < 4.78 is 28.7. The minimum Gasteiger partial charge on any atom is -0.354 e. The minimum atomic E-state index is -3.87. The van der Waals surface area contributed by atoms with Crippen LogP contribution in [0.1, 0.15) is 31.1 Å². The Balaban J connectivity index is 1.30. The third-order valence-electron chi connectivity index (χ3n) is 6.13. The Labute approximate surface area is 202 Å². The first-order valence-electron chi connectivity index (χ1n) is 11.5. The number of anilines is 1. The van der Waals surface area contributed by atoms with Gasteiger partial charge in [-0.25, -0.2) is 13.4 Å². The van der Waals surface area contributed by atoms with Crippen molar-refractivity contribution in [3.63, 3.8) is 0 Å². The molecule has 11 heteroatoms. The van der Waals surface area contributed by atoms with E-state index in [2.05, 4.69) is 15.6 Å². The van der Waals surface area contributed by atoms with Crippen LogP contribution in [0.25, 0.3) is 10.9 Å². The summed E-state index contributed by atoms with van der Waals surface area (Å²) >= 11 is 0. The number of aryl methyl sites for hydroxylation is 1. The third-order valence-corrected chi connectivity index (χ3v) is 7.97. The number of para-hydroxylation sites is 1. The molecule has 2 heterocycles. The molecular formula is C24H25N5O5S. The smallest absolute Gasteiger partial charge is 0.261 e. The number of fused-ring (bicyclic) bond motifs is 1. The van der Waals surface area contributed by atoms with Gasteiger partial charge in [0.1, 0.15) is 5.82 Å². The monoisotopic (exact) mass is 495 g/mol. The molecule has 1 saturated carbocycles. The van der Waals surface area contributed by atoms with Crippen LogP contribution in [0.5, 0.6) is 0 Å². The molecule has 0 bridgehead atoms. The van der Waals surface area contributed by atoms with Gasteiger partial charge in [-0.1, -0.05) is 18.2 Å². The first-order chi connectivity index (χ1) is 16.8. The molecule has 0 radical (unpaired) electrons. The molecule has 0 unspecified atom stereocenters. The van der Waals surface area contributed by atoms with E-state index >= 15 is 0 Å². The summed E-state index contributed by atoms with van der Waals surface area (Å²) in [5.74, 6) is -0.0936. The number of carbonyl (C=O) groups is 2. The number of carbonyl (C=O) groups excluding carboxylic acids is 2. The highest BCUT2D eigenvalue weighted by Gasteiger charge is 2.30. The fourth-order valence-electron chi connectivity index (χ4n) is 4.23. The van der Waals surface area contributed by atoms with Crippen LogP contribution in [0.2, 0.25) is 0 Å². The minimum absolute atomic E-state index is 0.00349. The van der Waals surface area contributed by atoms with Gasteiger partial charge in [-0.2, -0.15) is 4.31 Å². The van der Waals surface area contributed by atoms with Crippen LogP contribution in [0.3, 0.4) is 0 Å². The average molecular weight is 496 g/mol. The number of nitrogens with one attached hydrogen (secondary N) is 2. The number of hydrogen-bond acceptors (Lipinski definition) is 6. The van der Waals surface area contributed by atoms with Gasteiger partial charge >= 0.3 is 0 Å². The van der Waals surface area contributed by atoms with Crippen LogP contribution in [0.15, 0.2) is 58.2 Å². The van der Waals surface area contributed by atoms with Gasteiger partial charge in [-0.15, -0.1) is 0 Å². The molecule has 182 valence electrons. The molecule has 1 aliphatic carbocycles. The van der Waals surface area contributed by atoms with Crippen LogP contribution in [0, 0.1) is 0 Å². The molecule has 2 fully saturated rings. The highest BCUT2D eigenvalue weighted by molar-refractivity contribution is 7.89. The summed E-state index contributed by atoms with van der Waals surface area (Å²) in [5.41, 5.74) is 0.857. The molecule has 1 aliphatic heterocycles. The molecule has 3 aromatic rings. The number of piperazine rings is 1. The van der Waals surface area contributed by atoms with Crippen molar-refractivity contribution in [2.24, 2.45) is 0 Å². The first-order valence-corrected chi connectivity index (χ1v) is 12.9. The molecular weight excluding hydrogens is 470 g/mol. The third kappa shape index (κ3) is 4.82. The maximum atomic E-state index is 13.0. The quantitative estimate of drug-likeness (QED) is 0.510. The number of aromatic nitrogens is 2. The molecule has 0 atom stereocenters. The van der Waals surface area contributed by atoms with Gasteiger partial charge in [0.25, 0.3) is 5.56 Å². The Kier molecular flexibility index (Phi) is 6.12. The van der Waals surface area contributed by atoms with E-state index in [0.29, 0.717) is 22.4 Å². The van der Waals surface area contributed by atoms with E-state index < -0.39 is 10.0 Å². The Bertz CT molecular complexity index is 1480. The number of amides is 2. The molecule has 2 aliphatic rings. The second-order valence-electron chi connectivity index (χ2n) is 8.72. The predicted molar refractivity (Wildman–Crippen MR) is 129 cm³/mol. The molecule has 2 N–H and O–H groups in total. The van der Waals surface area contributed by atoms with Crippen molar-refractivity contribution in [3.05, 3.63) is 64.7 Å². The van der Waals surface area contributed by atoms with E-state index in [1.54, 1.807) is 28.8 Å². The Hall–Kier alpha value is -3.57. The fraction of sp³-hybridized carbons (Fsp3) is 0.333. The Morgan fingerprint density at radius 1 is 1.11 bits per heavy atom. The summed E-state index contributed by atoms with van der Waals surface area (Å²) in [6.45, 7) is 0.204. The fourth-order valence-corrected chi connectivity index (χ4v) is 5.67. The lowest BCUT2D eigenvalue weighted by Gasteiger charge is -2.26. The Morgan fingerprint density at radius 3 is 2.69 bits per heavy atom. The number of nitrogens with zero attached hydrogens (tertiary/aromatic N) is 3. The van der Waals surface area contributed by atoms with Crippen LogP contribution < -0.4 is 16.2 Å². The lowest BCUT2D eigenvalue weighted by molar-refractivity contribution is -0.122. The van der Waals surface area contributed by atoms with Crippen LogP contribution in [-0.2, 0) is 26.0 Å². The van der Waals surface area contributed by atoms with Crippen molar-refractivity contribution in [1.29, 1.82) is 0 Å². The van der Waals surface area contributed by atoms with Gasteiger partial charge < -0.3 is 10.6 Å². The first kappa shape index (κ1) is 23.2. The van der Waals surface area contributed by atoms with Gasteiger partial charge in [0, 0.05) is 37.7 Å². The molecule has 2 aromatic carbocycles.